The van der Waals surface area contributed by atoms with E-state index < -0.39 is 6.03 Å². The Morgan fingerprint density at radius 2 is 1.74 bits per heavy atom. The van der Waals surface area contributed by atoms with Crippen LogP contribution in [0.5, 0.6) is 5.75 Å². The number of aliphatic imine (C=N–C) groups is 1. The summed E-state index contributed by atoms with van der Waals surface area (Å²) in [7, 11) is 1.61. The third-order valence-electron chi connectivity index (χ3n) is 4.11. The number of aryl methyl sites for hydroxylation is 2. The van der Waals surface area contributed by atoms with Gasteiger partial charge in [-0.1, -0.05) is 29.8 Å². The van der Waals surface area contributed by atoms with Gasteiger partial charge in [0.15, 0.2) is 0 Å². The molecule has 1 aromatic heterocycles. The zero-order valence-electron chi connectivity index (χ0n) is 17.4. The number of methoxy groups -OCH3 is 1. The number of guanidine groups is 1. The van der Waals surface area contributed by atoms with Gasteiger partial charge in [0.1, 0.15) is 5.75 Å². The van der Waals surface area contributed by atoms with Gasteiger partial charge in [0, 0.05) is 22.1 Å². The largest absolute Gasteiger partial charge is 0.497 e. The number of carbonyl (C=O) groups is 1. The van der Waals surface area contributed by atoms with Gasteiger partial charge < -0.3 is 10.1 Å². The van der Waals surface area contributed by atoms with Crippen LogP contribution in [-0.2, 0) is 6.54 Å². The highest BCUT2D eigenvalue weighted by Gasteiger charge is 2.10. The number of rotatable bonds is 5. The van der Waals surface area contributed by atoms with Gasteiger partial charge in [-0.05, 0) is 55.8 Å². The van der Waals surface area contributed by atoms with E-state index in [1.54, 1.807) is 31.4 Å². The molecule has 0 atom stereocenters. The molecule has 31 heavy (non-hydrogen) atoms. The Balaban J connectivity index is 1.77. The van der Waals surface area contributed by atoms with Crippen molar-refractivity contribution >= 4 is 35.2 Å². The van der Waals surface area contributed by atoms with E-state index in [9.17, 15) is 4.79 Å². The topological polar surface area (TPSA) is 101 Å². The monoisotopic (exact) mass is 438 g/mol. The van der Waals surface area contributed by atoms with E-state index >= 15 is 0 Å². The Morgan fingerprint density at radius 3 is 2.39 bits per heavy atom. The number of benzene rings is 2. The Hall–Kier alpha value is -3.65. The second-order valence-corrected chi connectivity index (χ2v) is 7.14. The van der Waals surface area contributed by atoms with Gasteiger partial charge in [-0.25, -0.2) is 19.8 Å². The molecule has 3 aromatic rings. The van der Waals surface area contributed by atoms with Crippen LogP contribution in [-0.4, -0.2) is 29.1 Å². The zero-order valence-corrected chi connectivity index (χ0v) is 18.2. The van der Waals surface area contributed by atoms with Gasteiger partial charge in [0.2, 0.25) is 11.9 Å². The first-order valence-corrected chi connectivity index (χ1v) is 9.89. The van der Waals surface area contributed by atoms with Crippen LogP contribution in [0.1, 0.15) is 17.0 Å². The van der Waals surface area contributed by atoms with E-state index in [2.05, 4.69) is 30.9 Å². The predicted molar refractivity (Wildman–Crippen MR) is 123 cm³/mol. The number of nitrogens with zero attached hydrogens (tertiary/aromatic N) is 3. The number of hydrogen-bond acceptors (Lipinski definition) is 5. The Kier molecular flexibility index (Phi) is 7.40. The predicted octanol–water partition coefficient (Wildman–Crippen LogP) is 4.55. The van der Waals surface area contributed by atoms with E-state index in [0.717, 1.165) is 22.7 Å². The van der Waals surface area contributed by atoms with Gasteiger partial charge in [-0.2, -0.15) is 0 Å². The van der Waals surface area contributed by atoms with Crippen LogP contribution in [0.4, 0.5) is 16.4 Å². The van der Waals surface area contributed by atoms with Crippen molar-refractivity contribution in [2.75, 3.05) is 17.7 Å². The average Bonchev–Trinajstić information content (AvgIpc) is 2.71. The highest BCUT2D eigenvalue weighted by atomic mass is 35.5. The molecule has 0 aliphatic rings. The summed E-state index contributed by atoms with van der Waals surface area (Å²) >= 11 is 5.98. The number of carbonyl (C=O) groups excluding carboxylic acids is 1. The van der Waals surface area contributed by atoms with E-state index in [-0.39, 0.29) is 5.96 Å². The molecule has 0 aliphatic carbocycles. The molecule has 3 rings (SSSR count). The summed E-state index contributed by atoms with van der Waals surface area (Å²) in [6.45, 7) is 4.06. The van der Waals surface area contributed by atoms with Crippen LogP contribution in [0.3, 0.4) is 0 Å². The standard InChI is InChI=1S/C22H23ClN6O2/c1-14-11-15(2)26-21(25-14)28-20(24-13-16-7-9-19(31-3)10-8-16)29-22(30)27-18-6-4-5-17(23)12-18/h4-12H,13H2,1-3H3,(H3,24,25,26,27,28,29,30). The van der Waals surface area contributed by atoms with Gasteiger partial charge >= 0.3 is 6.03 Å². The van der Waals surface area contributed by atoms with Crippen LogP contribution >= 0.6 is 11.6 Å². The molecule has 0 saturated carbocycles. The smallest absolute Gasteiger partial charge is 0.326 e. The molecular weight excluding hydrogens is 416 g/mol. The zero-order chi connectivity index (χ0) is 22.2. The molecule has 0 fully saturated rings. The Labute approximate surface area is 185 Å². The van der Waals surface area contributed by atoms with Crippen LogP contribution in [0.2, 0.25) is 5.02 Å². The van der Waals surface area contributed by atoms with Crippen LogP contribution in [0.25, 0.3) is 0 Å². The number of anilines is 2. The van der Waals surface area contributed by atoms with Gasteiger partial charge in [0.25, 0.3) is 0 Å². The Bertz CT molecular complexity index is 1070. The summed E-state index contributed by atoms with van der Waals surface area (Å²) in [5, 5.41) is 8.94. The molecule has 0 saturated heterocycles. The van der Waals surface area contributed by atoms with Gasteiger partial charge in [-0.15, -0.1) is 0 Å². The lowest BCUT2D eigenvalue weighted by Gasteiger charge is -2.12. The highest BCUT2D eigenvalue weighted by Crippen LogP contribution is 2.15. The molecule has 0 spiro atoms. The number of amides is 2. The fourth-order valence-electron chi connectivity index (χ4n) is 2.74. The lowest BCUT2D eigenvalue weighted by molar-refractivity contribution is 0.256. The molecule has 160 valence electrons. The highest BCUT2D eigenvalue weighted by molar-refractivity contribution is 6.30. The van der Waals surface area contributed by atoms with Gasteiger partial charge in [0.05, 0.1) is 13.7 Å². The molecule has 3 N–H and O–H groups in total. The molecule has 8 nitrogen and oxygen atoms in total. The molecule has 2 amide bonds. The van der Waals surface area contributed by atoms with Gasteiger partial charge in [-0.3, -0.25) is 10.6 Å². The summed E-state index contributed by atoms with van der Waals surface area (Å²) in [6.07, 6.45) is 0. The average molecular weight is 439 g/mol. The summed E-state index contributed by atoms with van der Waals surface area (Å²) in [4.78, 5) is 25.7. The first-order valence-electron chi connectivity index (χ1n) is 9.51. The van der Waals surface area contributed by atoms with Crippen molar-refractivity contribution in [2.45, 2.75) is 20.4 Å². The van der Waals surface area contributed by atoms with E-state index in [1.165, 1.54) is 0 Å². The molecule has 1 heterocycles. The Morgan fingerprint density at radius 1 is 1.03 bits per heavy atom. The van der Waals surface area contributed by atoms with Crippen molar-refractivity contribution in [3.63, 3.8) is 0 Å². The van der Waals surface area contributed by atoms with Crippen molar-refractivity contribution in [1.82, 2.24) is 15.3 Å². The fraction of sp³-hybridized carbons (Fsp3) is 0.182. The quantitative estimate of drug-likeness (QED) is 0.401. The minimum absolute atomic E-state index is 0.209. The maximum atomic E-state index is 12.5. The molecular formula is C22H23ClN6O2. The maximum Gasteiger partial charge on any atom is 0.326 e. The summed E-state index contributed by atoms with van der Waals surface area (Å²) < 4.78 is 5.17. The normalized spacial score (nSPS) is 11.0. The lowest BCUT2D eigenvalue weighted by atomic mass is 10.2. The first-order chi connectivity index (χ1) is 14.9. The van der Waals surface area contributed by atoms with E-state index in [0.29, 0.717) is 23.2 Å². The third-order valence-corrected chi connectivity index (χ3v) is 4.34. The summed E-state index contributed by atoms with van der Waals surface area (Å²) in [6, 6.07) is 15.7. The minimum Gasteiger partial charge on any atom is -0.497 e. The number of hydrogen-bond donors (Lipinski definition) is 3. The second kappa shape index (κ2) is 10.4. The van der Waals surface area contributed by atoms with Crippen LogP contribution < -0.4 is 20.7 Å². The fourth-order valence-corrected chi connectivity index (χ4v) is 2.93. The molecule has 0 bridgehead atoms. The number of urea groups is 1. The first kappa shape index (κ1) is 22.0. The molecule has 2 aromatic carbocycles. The summed E-state index contributed by atoms with van der Waals surface area (Å²) in [5.41, 5.74) is 3.10. The van der Waals surface area contributed by atoms with Crippen molar-refractivity contribution in [1.29, 1.82) is 0 Å². The second-order valence-electron chi connectivity index (χ2n) is 6.70. The molecule has 0 radical (unpaired) electrons. The van der Waals surface area contributed by atoms with Crippen molar-refractivity contribution < 1.29 is 9.53 Å². The third kappa shape index (κ3) is 6.97. The van der Waals surface area contributed by atoms with E-state index in [4.69, 9.17) is 16.3 Å². The van der Waals surface area contributed by atoms with Crippen molar-refractivity contribution in [3.05, 3.63) is 76.6 Å². The maximum absolute atomic E-state index is 12.5. The SMILES string of the molecule is COc1ccc(CN=C(NC(=O)Nc2cccc(Cl)c2)Nc2nc(C)cc(C)n2)cc1. The number of aromatic nitrogens is 2. The minimum atomic E-state index is -0.479. The van der Waals surface area contributed by atoms with Crippen LogP contribution in [0, 0.1) is 13.8 Å². The summed E-state index contributed by atoms with van der Waals surface area (Å²) in [5.74, 6) is 1.31. The molecule has 0 aliphatic heterocycles. The lowest BCUT2D eigenvalue weighted by Crippen LogP contribution is -2.39. The van der Waals surface area contributed by atoms with Crippen molar-refractivity contribution in [3.8, 4) is 5.75 Å². The number of ether oxygens (including phenoxy) is 1. The number of nitrogens with one attached hydrogen (secondary N) is 3. The van der Waals surface area contributed by atoms with Crippen LogP contribution in [0.15, 0.2) is 59.6 Å². The number of halogens is 1. The van der Waals surface area contributed by atoms with E-state index in [1.807, 2.05) is 44.2 Å². The molecule has 0 unspecified atom stereocenters. The van der Waals surface area contributed by atoms with Crippen molar-refractivity contribution in [2.24, 2.45) is 4.99 Å². The molecule has 9 heteroatoms.